The second-order valence-electron chi connectivity index (χ2n) is 6.24. The smallest absolute Gasteiger partial charge is 0.377 e. The molecule has 7 nitrogen and oxygen atoms in total. The third-order valence-corrected chi connectivity index (χ3v) is 4.32. The highest BCUT2D eigenvalue weighted by molar-refractivity contribution is 6.31. The molecule has 0 bridgehead atoms. The minimum absolute atomic E-state index is 0.0434. The van der Waals surface area contributed by atoms with Crippen LogP contribution in [-0.2, 0) is 0 Å². The number of hydrogen-bond acceptors (Lipinski definition) is 4. The number of H-pyrrole nitrogens is 1. The van der Waals surface area contributed by atoms with Crippen LogP contribution < -0.4 is 24.5 Å². The summed E-state index contributed by atoms with van der Waals surface area (Å²) in [5, 5.41) is 0.0434. The third kappa shape index (κ3) is 3.52. The van der Waals surface area contributed by atoms with Crippen LogP contribution >= 0.6 is 11.6 Å². The van der Waals surface area contributed by atoms with Crippen LogP contribution in [-0.4, -0.2) is 38.2 Å². The second-order valence-corrected chi connectivity index (χ2v) is 6.62. The van der Waals surface area contributed by atoms with Gasteiger partial charge < -0.3 is 9.80 Å². The molecule has 0 unspecified atom stereocenters. The highest BCUT2D eigenvalue weighted by Gasteiger charge is 2.24. The topological polar surface area (TPSA) is 60.0 Å². The lowest BCUT2D eigenvalue weighted by Gasteiger charge is -2.11. The lowest BCUT2D eigenvalue weighted by molar-refractivity contribution is -0.614. The van der Waals surface area contributed by atoms with Gasteiger partial charge in [0.05, 0.1) is 24.8 Å². The van der Waals surface area contributed by atoms with Crippen LogP contribution in [0.5, 0.6) is 0 Å². The number of rotatable bonds is 4. The van der Waals surface area contributed by atoms with E-state index in [1.165, 1.54) is 0 Å². The molecule has 0 aliphatic heterocycles. The molecule has 0 radical (unpaired) electrons. The fourth-order valence-corrected chi connectivity index (χ4v) is 2.63. The van der Waals surface area contributed by atoms with Gasteiger partial charge in [-0.15, -0.1) is 0 Å². The first-order valence-electron chi connectivity index (χ1n) is 8.04. The van der Waals surface area contributed by atoms with Crippen molar-refractivity contribution in [2.45, 2.75) is 0 Å². The number of nitrogens with one attached hydrogen (secondary N) is 1. The largest absolute Gasteiger partial charge is 0.443 e. The number of aromatic amines is 1. The standard InChI is InChI=1S/C18H20ClN6O/c1-22(2)13-5-9-24(10-6-13)16-15(19)17(26)21-18(20-16)25-11-7-14(8-12-25)23(3)4/h5-12H,1-4H3/q+1/p+1. The summed E-state index contributed by atoms with van der Waals surface area (Å²) in [6, 6.07) is 7.73. The van der Waals surface area contributed by atoms with E-state index in [1.54, 1.807) is 9.13 Å². The Kier molecular flexibility index (Phi) is 4.90. The molecular formula is C18H21ClN6O+2. The molecule has 0 saturated carbocycles. The van der Waals surface area contributed by atoms with Crippen molar-refractivity contribution in [1.29, 1.82) is 0 Å². The van der Waals surface area contributed by atoms with Crippen LogP contribution in [0, 0.1) is 0 Å². The minimum Gasteiger partial charge on any atom is -0.377 e. The van der Waals surface area contributed by atoms with Crippen LogP contribution in [0.4, 0.5) is 11.4 Å². The molecule has 0 amide bonds. The molecule has 1 N–H and O–H groups in total. The van der Waals surface area contributed by atoms with Crippen LogP contribution in [0.1, 0.15) is 0 Å². The lowest BCUT2D eigenvalue weighted by Crippen LogP contribution is -2.40. The van der Waals surface area contributed by atoms with Gasteiger partial charge in [-0.2, -0.15) is 4.98 Å². The number of pyridine rings is 2. The summed E-state index contributed by atoms with van der Waals surface area (Å²) in [5.41, 5.74) is 1.70. The van der Waals surface area contributed by atoms with Gasteiger partial charge in [0.2, 0.25) is 5.02 Å². The van der Waals surface area contributed by atoms with Gasteiger partial charge in [0.15, 0.2) is 0 Å². The zero-order valence-corrected chi connectivity index (χ0v) is 15.9. The van der Waals surface area contributed by atoms with Crippen molar-refractivity contribution in [3.63, 3.8) is 0 Å². The summed E-state index contributed by atoms with van der Waals surface area (Å²) >= 11 is 6.20. The average Bonchev–Trinajstić information content (AvgIpc) is 2.64. The molecule has 0 aliphatic rings. The van der Waals surface area contributed by atoms with Crippen LogP contribution in [0.25, 0.3) is 11.8 Å². The molecule has 3 rings (SSSR count). The Morgan fingerprint density at radius 2 is 1.35 bits per heavy atom. The normalized spacial score (nSPS) is 10.7. The van der Waals surface area contributed by atoms with Crippen molar-refractivity contribution in [2.75, 3.05) is 38.0 Å². The SMILES string of the molecule is CN(C)c1cc[n+](-c2nc(-[n+]3ccc(N(C)C)cc3)c(Cl)c(=O)[nH]2)cc1. The van der Waals surface area contributed by atoms with Gasteiger partial charge in [0.1, 0.15) is 0 Å². The van der Waals surface area contributed by atoms with E-state index in [0.717, 1.165) is 11.4 Å². The fourth-order valence-electron chi connectivity index (χ4n) is 2.44. The summed E-state index contributed by atoms with van der Waals surface area (Å²) in [5.74, 6) is 0.767. The number of halogens is 1. The van der Waals surface area contributed by atoms with Gasteiger partial charge >= 0.3 is 17.3 Å². The maximum atomic E-state index is 12.3. The first-order valence-corrected chi connectivity index (χ1v) is 8.42. The summed E-state index contributed by atoms with van der Waals surface area (Å²) in [6.07, 6.45) is 7.33. The molecule has 0 spiro atoms. The van der Waals surface area contributed by atoms with Crippen LogP contribution in [0.15, 0.2) is 53.8 Å². The fraction of sp³-hybridized carbons (Fsp3) is 0.222. The van der Waals surface area contributed by atoms with Crippen molar-refractivity contribution in [3.8, 4) is 11.8 Å². The number of nitrogens with zero attached hydrogens (tertiary/aromatic N) is 5. The van der Waals surface area contributed by atoms with E-state index in [9.17, 15) is 4.79 Å². The van der Waals surface area contributed by atoms with E-state index < -0.39 is 0 Å². The third-order valence-electron chi connectivity index (χ3n) is 3.98. The molecule has 0 aliphatic carbocycles. The van der Waals surface area contributed by atoms with E-state index in [1.807, 2.05) is 87.0 Å². The van der Waals surface area contributed by atoms with E-state index in [-0.39, 0.29) is 10.6 Å². The van der Waals surface area contributed by atoms with E-state index in [2.05, 4.69) is 9.97 Å². The molecule has 0 aromatic carbocycles. The Bertz CT molecular complexity index is 964. The average molecular weight is 373 g/mol. The molecule has 0 fully saturated rings. The van der Waals surface area contributed by atoms with E-state index in [4.69, 9.17) is 11.6 Å². The van der Waals surface area contributed by atoms with Gasteiger partial charge in [0, 0.05) is 56.7 Å². The quantitative estimate of drug-likeness (QED) is 0.697. The molecule has 3 aromatic heterocycles. The summed E-state index contributed by atoms with van der Waals surface area (Å²) in [7, 11) is 7.86. The molecule has 0 atom stereocenters. The summed E-state index contributed by atoms with van der Waals surface area (Å²) < 4.78 is 3.46. The Labute approximate surface area is 156 Å². The molecule has 3 heterocycles. The van der Waals surface area contributed by atoms with Gasteiger partial charge in [-0.05, 0) is 12.1 Å². The van der Waals surface area contributed by atoms with Crippen LogP contribution in [0.2, 0.25) is 5.02 Å². The number of anilines is 2. The van der Waals surface area contributed by atoms with E-state index >= 15 is 0 Å². The van der Waals surface area contributed by atoms with E-state index in [0.29, 0.717) is 11.8 Å². The molecule has 134 valence electrons. The van der Waals surface area contributed by atoms with Crippen LogP contribution in [0.3, 0.4) is 0 Å². The maximum Gasteiger partial charge on any atom is 0.443 e. The highest BCUT2D eigenvalue weighted by atomic mass is 35.5. The lowest BCUT2D eigenvalue weighted by atomic mass is 10.3. The van der Waals surface area contributed by atoms with Gasteiger partial charge in [-0.1, -0.05) is 11.6 Å². The maximum absolute atomic E-state index is 12.3. The monoisotopic (exact) mass is 372 g/mol. The first kappa shape index (κ1) is 17.9. The van der Waals surface area contributed by atoms with Gasteiger partial charge in [-0.25, -0.2) is 13.9 Å². The van der Waals surface area contributed by atoms with Crippen molar-refractivity contribution in [1.82, 2.24) is 9.97 Å². The van der Waals surface area contributed by atoms with Crippen molar-refractivity contribution in [2.24, 2.45) is 0 Å². The predicted octanol–water partition coefficient (Wildman–Crippen LogP) is 1.11. The Balaban J connectivity index is 2.06. The van der Waals surface area contributed by atoms with Gasteiger partial charge in [0.25, 0.3) is 0 Å². The van der Waals surface area contributed by atoms with Crippen molar-refractivity contribution >= 4 is 23.0 Å². The molecule has 3 aromatic rings. The summed E-state index contributed by atoms with van der Waals surface area (Å²) in [6.45, 7) is 0. The Morgan fingerprint density at radius 1 is 0.885 bits per heavy atom. The zero-order chi connectivity index (χ0) is 18.8. The van der Waals surface area contributed by atoms with Gasteiger partial charge in [-0.3, -0.25) is 0 Å². The second kappa shape index (κ2) is 7.13. The zero-order valence-electron chi connectivity index (χ0n) is 15.1. The molecule has 0 saturated heterocycles. The summed E-state index contributed by atoms with van der Waals surface area (Å²) in [4.78, 5) is 23.5. The Morgan fingerprint density at radius 3 is 1.81 bits per heavy atom. The first-order chi connectivity index (χ1) is 12.4. The highest BCUT2D eigenvalue weighted by Crippen LogP contribution is 2.11. The molecular weight excluding hydrogens is 352 g/mol. The number of aromatic nitrogens is 4. The predicted molar refractivity (Wildman–Crippen MR) is 102 cm³/mol. The molecule has 8 heteroatoms. The minimum atomic E-state index is -0.389. The molecule has 26 heavy (non-hydrogen) atoms. The Hall–Kier alpha value is -2.93. The van der Waals surface area contributed by atoms with Crippen molar-refractivity contribution < 1.29 is 9.13 Å². The number of hydrogen-bond donors (Lipinski definition) is 1. The van der Waals surface area contributed by atoms with Crippen molar-refractivity contribution in [3.05, 3.63) is 64.4 Å².